The molecule has 0 aliphatic heterocycles. The second kappa shape index (κ2) is 12.6. The molecule has 3 rings (SSSR count). The Hall–Kier alpha value is -3.87. The lowest BCUT2D eigenvalue weighted by Gasteiger charge is -2.23. The highest BCUT2D eigenvalue weighted by atomic mass is 19.4. The van der Waals surface area contributed by atoms with Gasteiger partial charge >= 0.3 is 12.4 Å². The first-order valence-corrected chi connectivity index (χ1v) is 13.0. The number of anilines is 1. The monoisotopic (exact) mass is 598 g/mol. The molecule has 0 saturated carbocycles. The third-order valence-electron chi connectivity index (χ3n) is 6.32. The van der Waals surface area contributed by atoms with Crippen molar-refractivity contribution in [2.45, 2.75) is 51.9 Å². The number of ether oxygens (including phenoxy) is 1. The minimum atomic E-state index is -5.13. The zero-order chi connectivity index (χ0) is 31.5. The molecule has 0 unspecified atom stereocenters. The number of methoxy groups -OCH3 is 1. The number of nitrogens with zero attached hydrogens (tertiary/aromatic N) is 3. The zero-order valence-electron chi connectivity index (χ0n) is 23.8. The predicted octanol–water partition coefficient (Wildman–Crippen LogP) is 6.63. The van der Waals surface area contributed by atoms with Crippen molar-refractivity contribution in [3.05, 3.63) is 76.5 Å². The lowest BCUT2D eigenvalue weighted by Crippen LogP contribution is -2.39. The average Bonchev–Trinajstić information content (AvgIpc) is 3.30. The van der Waals surface area contributed by atoms with E-state index in [4.69, 9.17) is 4.74 Å². The van der Waals surface area contributed by atoms with Gasteiger partial charge in [-0.1, -0.05) is 39.0 Å². The van der Waals surface area contributed by atoms with Crippen LogP contribution in [0.2, 0.25) is 0 Å². The molecule has 13 heteroatoms. The molecule has 1 N–H and O–H groups in total. The second-order valence-electron chi connectivity index (χ2n) is 10.8. The normalized spacial score (nSPS) is 12.4. The van der Waals surface area contributed by atoms with Crippen molar-refractivity contribution in [1.82, 2.24) is 14.7 Å². The van der Waals surface area contributed by atoms with Gasteiger partial charge < -0.3 is 15.0 Å². The van der Waals surface area contributed by atoms with Crippen LogP contribution in [0.5, 0.6) is 0 Å². The average molecular weight is 599 g/mol. The van der Waals surface area contributed by atoms with Crippen molar-refractivity contribution in [1.29, 1.82) is 0 Å². The molecule has 0 aliphatic rings. The Morgan fingerprint density at radius 1 is 0.952 bits per heavy atom. The molecule has 2 amide bonds. The number of benzene rings is 2. The van der Waals surface area contributed by atoms with Crippen LogP contribution in [-0.2, 0) is 27.3 Å². The maximum Gasteiger partial charge on any atom is 0.416 e. The van der Waals surface area contributed by atoms with E-state index in [1.54, 1.807) is 18.2 Å². The molecule has 2 aromatic carbocycles. The molecular weight excluding hydrogens is 566 g/mol. The summed E-state index contributed by atoms with van der Waals surface area (Å²) < 4.78 is 87.0. The van der Waals surface area contributed by atoms with Crippen LogP contribution in [0.15, 0.2) is 48.5 Å². The summed E-state index contributed by atoms with van der Waals surface area (Å²) in [4.78, 5) is 27.4. The summed E-state index contributed by atoms with van der Waals surface area (Å²) >= 11 is 0. The van der Waals surface area contributed by atoms with Crippen molar-refractivity contribution < 1.29 is 40.7 Å². The number of hydrogen-bond acceptors (Lipinski definition) is 4. The van der Waals surface area contributed by atoms with Gasteiger partial charge in [0.25, 0.3) is 5.91 Å². The molecule has 0 radical (unpaired) electrons. The highest BCUT2D eigenvalue weighted by Gasteiger charge is 2.38. The molecule has 3 aromatic rings. The summed E-state index contributed by atoms with van der Waals surface area (Å²) in [5, 5.41) is 7.35. The number of hydrogen-bond donors (Lipinski definition) is 1. The van der Waals surface area contributed by atoms with Gasteiger partial charge in [0.2, 0.25) is 5.91 Å². The van der Waals surface area contributed by atoms with Gasteiger partial charge in [0.15, 0.2) is 0 Å². The number of amides is 2. The lowest BCUT2D eigenvalue weighted by atomic mass is 9.92. The van der Waals surface area contributed by atoms with Crippen molar-refractivity contribution in [2.24, 2.45) is 0 Å². The molecule has 1 aromatic heterocycles. The van der Waals surface area contributed by atoms with Crippen LogP contribution in [-0.4, -0.2) is 53.3 Å². The maximum atomic E-state index is 13.4. The van der Waals surface area contributed by atoms with E-state index >= 15 is 0 Å². The molecule has 0 bridgehead atoms. The van der Waals surface area contributed by atoms with E-state index in [-0.39, 0.29) is 31.5 Å². The van der Waals surface area contributed by atoms with Crippen LogP contribution in [0.4, 0.5) is 32.2 Å². The van der Waals surface area contributed by atoms with Crippen LogP contribution in [0, 0.1) is 6.92 Å². The summed E-state index contributed by atoms with van der Waals surface area (Å²) in [7, 11) is 1.39. The molecule has 1 heterocycles. The van der Waals surface area contributed by atoms with Crippen LogP contribution >= 0.6 is 0 Å². The topological polar surface area (TPSA) is 76.5 Å². The Bertz CT molecular complexity index is 1390. The van der Waals surface area contributed by atoms with Gasteiger partial charge in [-0.2, -0.15) is 31.4 Å². The minimum absolute atomic E-state index is 0.0573. The molecule has 0 saturated heterocycles. The second-order valence-corrected chi connectivity index (χ2v) is 10.8. The van der Waals surface area contributed by atoms with Crippen LogP contribution in [0.3, 0.4) is 0 Å². The molecule has 7 nitrogen and oxygen atoms in total. The molecule has 228 valence electrons. The smallest absolute Gasteiger partial charge is 0.385 e. The van der Waals surface area contributed by atoms with Crippen molar-refractivity contribution >= 4 is 17.6 Å². The van der Waals surface area contributed by atoms with Crippen LogP contribution < -0.4 is 5.32 Å². The summed E-state index contributed by atoms with van der Waals surface area (Å²) in [6, 6.07) is 9.61. The van der Waals surface area contributed by atoms with E-state index in [2.05, 4.69) is 10.4 Å². The SMILES string of the molecule is COCCCN(CC(=O)Nc1cc(C(C)(C)C)nn1-c1ccccc1C)C(=O)c1cc(C(F)(F)F)cc(C(F)(F)F)c1. The van der Waals surface area contributed by atoms with E-state index in [1.165, 1.54) is 11.8 Å². The highest BCUT2D eigenvalue weighted by Crippen LogP contribution is 2.36. The number of carbonyl (C=O) groups is 2. The number of nitrogens with one attached hydrogen (secondary N) is 1. The Balaban J connectivity index is 1.97. The summed E-state index contributed by atoms with van der Waals surface area (Å²) in [5.74, 6) is -1.61. The van der Waals surface area contributed by atoms with E-state index < -0.39 is 52.8 Å². The van der Waals surface area contributed by atoms with Crippen LogP contribution in [0.25, 0.3) is 5.69 Å². The summed E-state index contributed by atoms with van der Waals surface area (Å²) in [6.45, 7) is 6.99. The number of rotatable bonds is 9. The highest BCUT2D eigenvalue weighted by molar-refractivity contribution is 5.99. The number of aromatic nitrogens is 2. The fourth-order valence-electron chi connectivity index (χ4n) is 4.09. The third kappa shape index (κ3) is 8.11. The van der Waals surface area contributed by atoms with E-state index in [1.807, 2.05) is 39.8 Å². The number of aryl methyl sites for hydroxylation is 1. The van der Waals surface area contributed by atoms with Crippen molar-refractivity contribution in [2.75, 3.05) is 32.1 Å². The van der Waals surface area contributed by atoms with Crippen molar-refractivity contribution in [3.8, 4) is 5.69 Å². The predicted molar refractivity (Wildman–Crippen MR) is 144 cm³/mol. The fourth-order valence-corrected chi connectivity index (χ4v) is 4.09. The Labute approximate surface area is 239 Å². The first-order valence-electron chi connectivity index (χ1n) is 13.0. The molecule has 0 spiro atoms. The summed E-state index contributed by atoms with van der Waals surface area (Å²) in [6.07, 6.45) is -10.1. The largest absolute Gasteiger partial charge is 0.416 e. The van der Waals surface area contributed by atoms with Gasteiger partial charge in [-0.15, -0.1) is 0 Å². The fraction of sp³-hybridized carbons (Fsp3) is 0.414. The van der Waals surface area contributed by atoms with Gasteiger partial charge in [0.1, 0.15) is 12.4 Å². The minimum Gasteiger partial charge on any atom is -0.385 e. The summed E-state index contributed by atoms with van der Waals surface area (Å²) in [5.41, 5.74) is -2.30. The molecule has 0 aliphatic carbocycles. The quantitative estimate of drug-likeness (QED) is 0.222. The van der Waals surface area contributed by atoms with E-state index in [9.17, 15) is 35.9 Å². The van der Waals surface area contributed by atoms with Gasteiger partial charge in [-0.3, -0.25) is 9.59 Å². The first-order chi connectivity index (χ1) is 19.4. The first kappa shape index (κ1) is 32.6. The van der Waals surface area contributed by atoms with Gasteiger partial charge in [-0.25, -0.2) is 4.68 Å². The number of halogens is 6. The number of carbonyl (C=O) groups excluding carboxylic acids is 2. The Morgan fingerprint density at radius 3 is 2.07 bits per heavy atom. The molecule has 0 atom stereocenters. The standard InChI is InChI=1S/C29H32F6N4O3/c1-18-9-6-7-10-22(18)39-24(16-23(37-39)27(2,3)4)36-25(40)17-38(11-8-12-42-5)26(41)19-13-20(28(30,31)32)15-21(14-19)29(33,34)35/h6-7,9-10,13-16H,8,11-12,17H2,1-5H3,(H,36,40). The van der Waals surface area contributed by atoms with Crippen LogP contribution in [0.1, 0.15) is 59.9 Å². The lowest BCUT2D eigenvalue weighted by molar-refractivity contribution is -0.143. The number of alkyl halides is 6. The number of para-hydroxylation sites is 1. The van der Waals surface area contributed by atoms with Gasteiger partial charge in [-0.05, 0) is 43.2 Å². The molecule has 42 heavy (non-hydrogen) atoms. The van der Waals surface area contributed by atoms with Gasteiger partial charge in [0, 0.05) is 37.3 Å². The maximum absolute atomic E-state index is 13.4. The van der Waals surface area contributed by atoms with Crippen molar-refractivity contribution in [3.63, 3.8) is 0 Å². The Kier molecular flexibility index (Phi) is 9.76. The van der Waals surface area contributed by atoms with E-state index in [0.29, 0.717) is 23.5 Å². The van der Waals surface area contributed by atoms with Gasteiger partial charge in [0.05, 0.1) is 22.5 Å². The Morgan fingerprint density at radius 2 is 1.55 bits per heavy atom. The van der Waals surface area contributed by atoms with E-state index in [0.717, 1.165) is 10.5 Å². The zero-order valence-corrected chi connectivity index (χ0v) is 23.8. The molecular formula is C29H32F6N4O3. The third-order valence-corrected chi connectivity index (χ3v) is 6.32. The molecule has 0 fully saturated rings.